The first-order chi connectivity index (χ1) is 7.25. The molecule has 1 aromatic carbocycles. The number of rotatable bonds is 3. The molecule has 2 rings (SSSR count). The Balaban J connectivity index is 2.07. The van der Waals surface area contributed by atoms with Crippen molar-refractivity contribution in [2.24, 2.45) is 0 Å². The summed E-state index contributed by atoms with van der Waals surface area (Å²) in [6, 6.07) is 6.83. The molecule has 1 saturated carbocycles. The SMILES string of the molecule is O=S(O)c1cccc(OC2CCCC2)c1. The van der Waals surface area contributed by atoms with E-state index in [-0.39, 0.29) is 6.10 Å². The van der Waals surface area contributed by atoms with Gasteiger partial charge in [-0.2, -0.15) is 0 Å². The normalized spacial score (nSPS) is 19.0. The van der Waals surface area contributed by atoms with Gasteiger partial charge in [0, 0.05) is 0 Å². The molecule has 0 amide bonds. The van der Waals surface area contributed by atoms with E-state index in [1.165, 1.54) is 12.8 Å². The van der Waals surface area contributed by atoms with E-state index >= 15 is 0 Å². The number of hydrogen-bond acceptors (Lipinski definition) is 2. The molecule has 3 nitrogen and oxygen atoms in total. The predicted molar refractivity (Wildman–Crippen MR) is 58.4 cm³/mol. The first-order valence-corrected chi connectivity index (χ1v) is 6.24. The monoisotopic (exact) mass is 226 g/mol. The Labute approximate surface area is 91.7 Å². The Hall–Kier alpha value is -0.870. The van der Waals surface area contributed by atoms with Crippen LogP contribution in [0.25, 0.3) is 0 Å². The lowest BCUT2D eigenvalue weighted by Crippen LogP contribution is -2.10. The standard InChI is InChI=1S/C11H14O3S/c12-15(13)11-7-3-6-10(8-11)14-9-4-1-2-5-9/h3,6-9H,1-2,4-5H2,(H,12,13). The fourth-order valence-corrected chi connectivity index (χ4v) is 2.27. The topological polar surface area (TPSA) is 46.5 Å². The lowest BCUT2D eigenvalue weighted by molar-refractivity contribution is 0.209. The minimum atomic E-state index is -1.92. The molecule has 82 valence electrons. The summed E-state index contributed by atoms with van der Waals surface area (Å²) in [7, 11) is 0. The van der Waals surface area contributed by atoms with Gasteiger partial charge in [-0.3, -0.25) is 0 Å². The smallest absolute Gasteiger partial charge is 0.186 e. The molecule has 0 aromatic heterocycles. The van der Waals surface area contributed by atoms with Gasteiger partial charge >= 0.3 is 0 Å². The maximum Gasteiger partial charge on any atom is 0.186 e. The second kappa shape index (κ2) is 4.77. The molecule has 1 aliphatic rings. The van der Waals surface area contributed by atoms with Crippen molar-refractivity contribution in [3.63, 3.8) is 0 Å². The minimum Gasteiger partial charge on any atom is -0.490 e. The molecule has 0 radical (unpaired) electrons. The van der Waals surface area contributed by atoms with E-state index in [2.05, 4.69) is 0 Å². The van der Waals surface area contributed by atoms with Crippen LogP contribution in [0.3, 0.4) is 0 Å². The van der Waals surface area contributed by atoms with E-state index in [4.69, 9.17) is 9.29 Å². The van der Waals surface area contributed by atoms with Crippen molar-refractivity contribution in [2.45, 2.75) is 36.7 Å². The van der Waals surface area contributed by atoms with Gasteiger partial charge in [-0.15, -0.1) is 0 Å². The van der Waals surface area contributed by atoms with E-state index in [0.717, 1.165) is 12.8 Å². The first-order valence-electron chi connectivity index (χ1n) is 5.13. The number of hydrogen-bond donors (Lipinski definition) is 1. The number of benzene rings is 1. The highest BCUT2D eigenvalue weighted by Crippen LogP contribution is 2.24. The van der Waals surface area contributed by atoms with E-state index in [1.54, 1.807) is 18.2 Å². The minimum absolute atomic E-state index is 0.285. The molecule has 1 unspecified atom stereocenters. The highest BCUT2D eigenvalue weighted by atomic mass is 32.2. The van der Waals surface area contributed by atoms with E-state index in [0.29, 0.717) is 10.6 Å². The van der Waals surface area contributed by atoms with Gasteiger partial charge in [0.25, 0.3) is 0 Å². The molecule has 1 N–H and O–H groups in total. The van der Waals surface area contributed by atoms with Crippen molar-refractivity contribution >= 4 is 11.1 Å². The predicted octanol–water partition coefficient (Wildman–Crippen LogP) is 2.59. The molecule has 0 bridgehead atoms. The molecule has 0 aliphatic heterocycles. The summed E-state index contributed by atoms with van der Waals surface area (Å²) in [6.45, 7) is 0. The fourth-order valence-electron chi connectivity index (χ4n) is 1.85. The summed E-state index contributed by atoms with van der Waals surface area (Å²) in [6.07, 6.45) is 4.90. The summed E-state index contributed by atoms with van der Waals surface area (Å²) >= 11 is -1.92. The second-order valence-electron chi connectivity index (χ2n) is 3.75. The lowest BCUT2D eigenvalue weighted by atomic mass is 10.3. The largest absolute Gasteiger partial charge is 0.490 e. The molecule has 15 heavy (non-hydrogen) atoms. The van der Waals surface area contributed by atoms with Crippen molar-refractivity contribution in [3.05, 3.63) is 24.3 Å². The van der Waals surface area contributed by atoms with Crippen LogP contribution in [0.2, 0.25) is 0 Å². The lowest BCUT2D eigenvalue weighted by Gasteiger charge is -2.13. The van der Waals surface area contributed by atoms with Crippen molar-refractivity contribution in [1.82, 2.24) is 0 Å². The van der Waals surface area contributed by atoms with Crippen molar-refractivity contribution in [1.29, 1.82) is 0 Å². The zero-order chi connectivity index (χ0) is 10.7. The third-order valence-corrected chi connectivity index (χ3v) is 3.27. The fraction of sp³-hybridized carbons (Fsp3) is 0.455. The molecular weight excluding hydrogens is 212 g/mol. The molecule has 1 atom stereocenters. The summed E-state index contributed by atoms with van der Waals surface area (Å²) < 4.78 is 25.5. The van der Waals surface area contributed by atoms with Gasteiger partial charge in [-0.25, -0.2) is 4.21 Å². The number of ether oxygens (including phenoxy) is 1. The van der Waals surface area contributed by atoms with Crippen LogP contribution in [0.1, 0.15) is 25.7 Å². The van der Waals surface area contributed by atoms with Crippen LogP contribution in [-0.2, 0) is 11.1 Å². The van der Waals surface area contributed by atoms with Crippen LogP contribution < -0.4 is 4.74 Å². The van der Waals surface area contributed by atoms with E-state index in [1.807, 2.05) is 6.07 Å². The average Bonchev–Trinajstić information content (AvgIpc) is 2.71. The van der Waals surface area contributed by atoms with Crippen LogP contribution >= 0.6 is 0 Å². The van der Waals surface area contributed by atoms with Gasteiger partial charge in [-0.1, -0.05) is 6.07 Å². The van der Waals surface area contributed by atoms with E-state index < -0.39 is 11.1 Å². The zero-order valence-corrected chi connectivity index (χ0v) is 9.20. The first kappa shape index (κ1) is 10.6. The summed E-state index contributed by atoms with van der Waals surface area (Å²) in [5.74, 6) is 0.696. The van der Waals surface area contributed by atoms with Gasteiger partial charge in [-0.05, 0) is 43.9 Å². The Kier molecular flexibility index (Phi) is 3.38. The Morgan fingerprint density at radius 3 is 2.73 bits per heavy atom. The molecular formula is C11H14O3S. The Bertz CT molecular complexity index is 359. The zero-order valence-electron chi connectivity index (χ0n) is 8.39. The van der Waals surface area contributed by atoms with Gasteiger partial charge in [0.2, 0.25) is 0 Å². The highest BCUT2D eigenvalue weighted by Gasteiger charge is 2.16. The molecule has 0 heterocycles. The molecule has 1 aliphatic carbocycles. The summed E-state index contributed by atoms with van der Waals surface area (Å²) in [5, 5.41) is 0. The Morgan fingerprint density at radius 2 is 2.07 bits per heavy atom. The maximum atomic E-state index is 10.8. The summed E-state index contributed by atoms with van der Waals surface area (Å²) in [4.78, 5) is 0.394. The van der Waals surface area contributed by atoms with Gasteiger partial charge < -0.3 is 9.29 Å². The van der Waals surface area contributed by atoms with Crippen molar-refractivity contribution in [3.8, 4) is 5.75 Å². The Morgan fingerprint density at radius 1 is 1.33 bits per heavy atom. The van der Waals surface area contributed by atoms with E-state index in [9.17, 15) is 4.21 Å². The van der Waals surface area contributed by atoms with Gasteiger partial charge in [0.1, 0.15) is 5.75 Å². The van der Waals surface area contributed by atoms with Crippen molar-refractivity contribution < 1.29 is 13.5 Å². The maximum absolute atomic E-state index is 10.8. The molecule has 0 spiro atoms. The molecule has 1 aromatic rings. The third-order valence-electron chi connectivity index (χ3n) is 2.61. The third kappa shape index (κ3) is 2.79. The van der Waals surface area contributed by atoms with Crippen LogP contribution in [0.5, 0.6) is 5.75 Å². The van der Waals surface area contributed by atoms with Crippen LogP contribution in [-0.4, -0.2) is 14.9 Å². The van der Waals surface area contributed by atoms with Crippen LogP contribution in [0.4, 0.5) is 0 Å². The summed E-state index contributed by atoms with van der Waals surface area (Å²) in [5.41, 5.74) is 0. The van der Waals surface area contributed by atoms with Crippen molar-refractivity contribution in [2.75, 3.05) is 0 Å². The highest BCUT2D eigenvalue weighted by molar-refractivity contribution is 7.79. The average molecular weight is 226 g/mol. The van der Waals surface area contributed by atoms with Gasteiger partial charge in [0.15, 0.2) is 11.1 Å². The quantitative estimate of drug-likeness (QED) is 0.806. The molecule has 4 heteroatoms. The van der Waals surface area contributed by atoms with Crippen LogP contribution in [0.15, 0.2) is 29.2 Å². The second-order valence-corrected chi connectivity index (χ2v) is 4.72. The molecule has 0 saturated heterocycles. The van der Waals surface area contributed by atoms with Crippen LogP contribution in [0, 0.1) is 0 Å². The molecule has 1 fully saturated rings. The van der Waals surface area contributed by atoms with Gasteiger partial charge in [0.05, 0.1) is 11.0 Å².